The lowest BCUT2D eigenvalue weighted by atomic mass is 9.82. The Morgan fingerprint density at radius 3 is 2.45 bits per heavy atom. The zero-order valence-corrected chi connectivity index (χ0v) is 39.5. The average Bonchev–Trinajstić information content (AvgIpc) is 4.10. The number of hydrogen-bond acceptors (Lipinski definition) is 12. The number of fused-ring (bicyclic) bond motifs is 3. The van der Waals surface area contributed by atoms with E-state index in [0.717, 1.165) is 11.8 Å². The van der Waals surface area contributed by atoms with Gasteiger partial charge in [0.05, 0.1) is 54.0 Å². The van der Waals surface area contributed by atoms with Gasteiger partial charge < -0.3 is 23.8 Å². The van der Waals surface area contributed by atoms with Gasteiger partial charge in [0.1, 0.15) is 17.5 Å². The van der Waals surface area contributed by atoms with Gasteiger partial charge in [-0.1, -0.05) is 26.0 Å². The molecule has 2 aliphatic carbocycles. The molecule has 1 saturated heterocycles. The third-order valence-corrected chi connectivity index (χ3v) is 15.4. The molecule has 346 valence electrons. The minimum atomic E-state index is -3.99. The number of sulfonamides is 1. The van der Waals surface area contributed by atoms with Crippen molar-refractivity contribution < 1.29 is 46.5 Å². The van der Waals surface area contributed by atoms with Crippen LogP contribution in [0.3, 0.4) is 0 Å². The molecular weight excluding hydrogens is 837 g/mol. The second-order valence-corrected chi connectivity index (χ2v) is 22.3. The molecule has 2 aromatic heterocycles. The number of Topliss-reactive ketones (excluding diaryl/α,β-unsaturated/α-hetero) is 1. The highest BCUT2D eigenvalue weighted by Gasteiger charge is 2.62. The van der Waals surface area contributed by atoms with E-state index in [1.54, 1.807) is 53.1 Å². The number of nitrogens with zero attached hydrogens (tertiary/aromatic N) is 3. The number of esters is 1. The van der Waals surface area contributed by atoms with Crippen LogP contribution in [0.4, 0.5) is 0 Å². The Morgan fingerprint density at radius 1 is 1.05 bits per heavy atom. The first-order valence-electron chi connectivity index (χ1n) is 22.7. The first-order valence-corrected chi connectivity index (χ1v) is 24.2. The van der Waals surface area contributed by atoms with Gasteiger partial charge in [-0.3, -0.25) is 23.9 Å². The summed E-state index contributed by atoms with van der Waals surface area (Å²) < 4.78 is 51.9. The number of ether oxygens (including phenoxy) is 4. The maximum Gasteiger partial charge on any atom is 0.307 e. The first kappa shape index (κ1) is 46.9. The van der Waals surface area contributed by atoms with Crippen molar-refractivity contribution in [2.24, 2.45) is 29.1 Å². The molecular formula is C49H64N4O10S. The molecule has 1 aromatic carbocycles. The van der Waals surface area contributed by atoms with Gasteiger partial charge in [0.25, 0.3) is 0 Å². The number of carbonyl (C=O) groups excluding carboxylic acids is 4. The van der Waals surface area contributed by atoms with E-state index >= 15 is 4.79 Å². The number of rotatable bonds is 11. The molecule has 2 aliphatic heterocycles. The molecule has 4 heterocycles. The Kier molecular flexibility index (Phi) is 13.3. The van der Waals surface area contributed by atoms with Crippen molar-refractivity contribution in [2.45, 2.75) is 142 Å². The summed E-state index contributed by atoms with van der Waals surface area (Å²) in [5.41, 5.74) is -0.806. The van der Waals surface area contributed by atoms with E-state index in [1.165, 1.54) is 4.90 Å². The molecule has 14 nitrogen and oxygen atoms in total. The molecule has 3 fully saturated rings. The van der Waals surface area contributed by atoms with Crippen LogP contribution in [-0.2, 0) is 33.9 Å². The van der Waals surface area contributed by atoms with E-state index in [2.05, 4.69) is 16.6 Å². The van der Waals surface area contributed by atoms with E-state index in [0.29, 0.717) is 60.4 Å². The normalized spacial score (nSPS) is 27.7. The lowest BCUT2D eigenvalue weighted by Crippen LogP contribution is -2.48. The number of pyridine rings is 2. The maximum atomic E-state index is 15.1. The fraction of sp³-hybridized carbons (Fsp3) is 0.592. The van der Waals surface area contributed by atoms with Gasteiger partial charge in [-0.15, -0.1) is 0 Å². The summed E-state index contributed by atoms with van der Waals surface area (Å²) in [6.45, 7) is 14.9. The molecule has 15 heteroatoms. The van der Waals surface area contributed by atoms with Crippen molar-refractivity contribution in [3.8, 4) is 28.8 Å². The number of nitrogens with one attached hydrogen (secondary N) is 1. The van der Waals surface area contributed by atoms with Crippen LogP contribution in [0.2, 0.25) is 0 Å². The van der Waals surface area contributed by atoms with Crippen LogP contribution in [0.25, 0.3) is 22.0 Å². The monoisotopic (exact) mass is 900 g/mol. The Balaban J connectivity index is 1.26. The summed E-state index contributed by atoms with van der Waals surface area (Å²) in [6, 6.07) is 10.0. The van der Waals surface area contributed by atoms with Gasteiger partial charge in [0.2, 0.25) is 33.6 Å². The third-order valence-electron chi connectivity index (χ3n) is 13.3. The van der Waals surface area contributed by atoms with E-state index in [-0.39, 0.29) is 67.2 Å². The molecule has 1 N–H and O–H groups in total. The van der Waals surface area contributed by atoms with Crippen molar-refractivity contribution >= 4 is 44.4 Å². The number of amides is 2. The van der Waals surface area contributed by atoms with Crippen molar-refractivity contribution in [2.75, 3.05) is 13.7 Å². The minimum Gasteiger partial charge on any atom is -0.497 e. The molecule has 0 spiro atoms. The molecule has 0 radical (unpaired) electrons. The van der Waals surface area contributed by atoms with Gasteiger partial charge in [-0.25, -0.2) is 18.4 Å². The molecule has 3 aromatic rings. The van der Waals surface area contributed by atoms with Crippen LogP contribution in [0.5, 0.6) is 17.5 Å². The quantitative estimate of drug-likeness (QED) is 0.146. The van der Waals surface area contributed by atoms with Crippen LogP contribution >= 0.6 is 0 Å². The van der Waals surface area contributed by atoms with Crippen LogP contribution in [0, 0.1) is 29.1 Å². The first-order chi connectivity index (χ1) is 30.1. The van der Waals surface area contributed by atoms with Crippen molar-refractivity contribution in [3.63, 3.8) is 0 Å². The number of allylic oxidation sites excluding steroid dienone is 2. The number of benzene rings is 1. The Hall–Kier alpha value is -5.05. The fourth-order valence-electron chi connectivity index (χ4n) is 9.22. The molecule has 7 atom stereocenters. The van der Waals surface area contributed by atoms with Crippen LogP contribution in [0.15, 0.2) is 54.7 Å². The summed E-state index contributed by atoms with van der Waals surface area (Å²) >= 11 is 0. The Morgan fingerprint density at radius 2 is 1.80 bits per heavy atom. The third kappa shape index (κ3) is 10.4. The molecule has 0 unspecified atom stereocenters. The number of ketones is 1. The topological polar surface area (TPSA) is 180 Å². The Bertz CT molecular complexity index is 2410. The molecule has 64 heavy (non-hydrogen) atoms. The van der Waals surface area contributed by atoms with E-state index < -0.39 is 55.7 Å². The van der Waals surface area contributed by atoms with Gasteiger partial charge in [0.15, 0.2) is 5.78 Å². The molecule has 2 saturated carbocycles. The summed E-state index contributed by atoms with van der Waals surface area (Å²) in [5, 5.41) is 1.46. The van der Waals surface area contributed by atoms with E-state index in [9.17, 15) is 22.8 Å². The van der Waals surface area contributed by atoms with Crippen molar-refractivity contribution in [1.29, 1.82) is 0 Å². The highest BCUT2D eigenvalue weighted by Crippen LogP contribution is 2.58. The van der Waals surface area contributed by atoms with Gasteiger partial charge in [-0.05, 0) is 134 Å². The van der Waals surface area contributed by atoms with Gasteiger partial charge >= 0.3 is 5.97 Å². The second kappa shape index (κ2) is 18.1. The molecule has 2 amide bonds. The largest absolute Gasteiger partial charge is 0.497 e. The Labute approximate surface area is 377 Å². The number of aromatic nitrogens is 2. The lowest BCUT2D eigenvalue weighted by Gasteiger charge is -2.32. The highest BCUT2D eigenvalue weighted by atomic mass is 32.2. The lowest BCUT2D eigenvalue weighted by molar-refractivity contribution is -0.160. The average molecular weight is 901 g/mol. The van der Waals surface area contributed by atoms with Crippen molar-refractivity contribution in [1.82, 2.24) is 19.6 Å². The maximum absolute atomic E-state index is 15.1. The SMILES string of the molecule is COc1ccc2c(O[C@@H]3C[C@H]4C(=O)C[C@]5(C(=O)NS(=O)(=O)C6(C)CC6)C[C@H]5/C=C\CC[C@H](C)C[C@@H](C)[C@H](CC(=O)OC(C)(C)C)C(=O)N4C3)nc(-c3ccc(OC(C)C)nc3)cc2c1. The standard InChI is InChI=1S/C49H64N4O10S/c1-29(2)61-42-17-14-32(27-50-42)39-22-33-21-35(60-9)15-16-37(33)44(51-39)62-36-23-40-41(54)26-49(46(57)52-64(58,59)48(8)18-19-48)25-34(49)13-11-10-12-30(3)20-31(4)38(45(56)53(40)28-36)24-43(55)63-47(5,6)7/h11,13-17,21-22,27,29-31,34,36,38,40H,10,12,18-20,23-26,28H2,1-9H3,(H,52,57)/b13-11-/t30-,31+,34+,36+,38-,40-,49+/m0/s1. The van der Waals surface area contributed by atoms with Gasteiger partial charge in [-0.2, -0.15) is 0 Å². The molecule has 4 aliphatic rings. The van der Waals surface area contributed by atoms with Crippen LogP contribution in [-0.4, -0.2) is 89.1 Å². The summed E-state index contributed by atoms with van der Waals surface area (Å²) in [4.78, 5) is 68.7. The van der Waals surface area contributed by atoms with E-state index in [4.69, 9.17) is 23.9 Å². The minimum absolute atomic E-state index is 0.00391. The smallest absolute Gasteiger partial charge is 0.307 e. The number of carbonyl (C=O) groups is 4. The zero-order chi connectivity index (χ0) is 46.4. The van der Waals surface area contributed by atoms with Gasteiger partial charge in [0, 0.05) is 36.1 Å². The van der Waals surface area contributed by atoms with Crippen molar-refractivity contribution in [3.05, 3.63) is 54.7 Å². The molecule has 7 rings (SSSR count). The van der Waals surface area contributed by atoms with Crippen LogP contribution < -0.4 is 18.9 Å². The summed E-state index contributed by atoms with van der Waals surface area (Å²) in [5.74, 6) is -1.80. The predicted octanol–water partition coefficient (Wildman–Crippen LogP) is 7.77. The summed E-state index contributed by atoms with van der Waals surface area (Å²) in [7, 11) is -2.40. The fourth-order valence-corrected chi connectivity index (χ4v) is 10.6. The predicted molar refractivity (Wildman–Crippen MR) is 242 cm³/mol. The zero-order valence-electron chi connectivity index (χ0n) is 38.6. The number of hydrogen-bond donors (Lipinski definition) is 1. The van der Waals surface area contributed by atoms with E-state index in [1.807, 2.05) is 57.2 Å². The molecule has 0 bridgehead atoms. The number of methoxy groups -OCH3 is 1. The highest BCUT2D eigenvalue weighted by molar-refractivity contribution is 7.91. The van der Waals surface area contributed by atoms with Crippen LogP contribution in [0.1, 0.15) is 113 Å². The second-order valence-electron chi connectivity index (χ2n) is 20.1. The summed E-state index contributed by atoms with van der Waals surface area (Å²) in [6.07, 6.45) is 7.83.